The molecular formula is C24H36O7. The summed E-state index contributed by atoms with van der Waals surface area (Å²) in [4.78, 5) is 36.4. The monoisotopic (exact) mass is 436 g/mol. The molecule has 0 radical (unpaired) electrons. The van der Waals surface area contributed by atoms with Crippen molar-refractivity contribution in [3.05, 3.63) is 0 Å². The molecule has 0 heterocycles. The Hall–Kier alpha value is -1.31. The van der Waals surface area contributed by atoms with E-state index in [4.69, 9.17) is 4.74 Å². The van der Waals surface area contributed by atoms with Gasteiger partial charge in [-0.25, -0.2) is 0 Å². The van der Waals surface area contributed by atoms with Gasteiger partial charge in [-0.1, -0.05) is 20.8 Å². The Morgan fingerprint density at radius 2 is 1.84 bits per heavy atom. The molecule has 0 amide bonds. The van der Waals surface area contributed by atoms with Crippen LogP contribution in [0.4, 0.5) is 0 Å². The van der Waals surface area contributed by atoms with Gasteiger partial charge in [0.25, 0.3) is 0 Å². The molecule has 31 heavy (non-hydrogen) atoms. The van der Waals surface area contributed by atoms with Crippen molar-refractivity contribution in [3.8, 4) is 0 Å². The van der Waals surface area contributed by atoms with Gasteiger partial charge in [0.2, 0.25) is 5.78 Å². The zero-order valence-electron chi connectivity index (χ0n) is 19.0. The second-order valence-corrected chi connectivity index (χ2v) is 11.3. The summed E-state index contributed by atoms with van der Waals surface area (Å²) in [7, 11) is 0. The van der Waals surface area contributed by atoms with E-state index in [9.17, 15) is 29.7 Å². The molecule has 0 aromatic rings. The molecule has 9 atom stereocenters. The Bertz CT molecular complexity index is 810. The van der Waals surface area contributed by atoms with Gasteiger partial charge in [0.1, 0.15) is 11.4 Å². The molecule has 0 saturated heterocycles. The number of esters is 1. The molecule has 7 heteroatoms. The number of hydrogen-bond acceptors (Lipinski definition) is 7. The highest BCUT2D eigenvalue weighted by molar-refractivity contribution is 5.91. The fourth-order valence-electron chi connectivity index (χ4n) is 8.33. The van der Waals surface area contributed by atoms with Gasteiger partial charge < -0.3 is 20.1 Å². The van der Waals surface area contributed by atoms with Gasteiger partial charge >= 0.3 is 5.97 Å². The average molecular weight is 437 g/mol. The van der Waals surface area contributed by atoms with Crippen molar-refractivity contribution < 1.29 is 34.4 Å². The Morgan fingerprint density at radius 1 is 1.16 bits per heavy atom. The molecule has 0 aromatic heterocycles. The Morgan fingerprint density at radius 3 is 2.48 bits per heavy atom. The van der Waals surface area contributed by atoms with Gasteiger partial charge in [-0.05, 0) is 55.8 Å². The number of carbonyl (C=O) groups is 3. The highest BCUT2D eigenvalue weighted by atomic mass is 16.5. The van der Waals surface area contributed by atoms with E-state index in [1.54, 1.807) is 0 Å². The minimum Gasteiger partial charge on any atom is -0.458 e. The van der Waals surface area contributed by atoms with Crippen LogP contribution < -0.4 is 0 Å². The predicted molar refractivity (Wildman–Crippen MR) is 111 cm³/mol. The number of hydrogen-bond donors (Lipinski definition) is 3. The number of rotatable bonds is 3. The topological polar surface area (TPSA) is 121 Å². The highest BCUT2D eigenvalue weighted by Crippen LogP contribution is 2.69. The second kappa shape index (κ2) is 7.09. The molecule has 7 nitrogen and oxygen atoms in total. The summed E-state index contributed by atoms with van der Waals surface area (Å²) in [5.41, 5.74) is -4.22. The van der Waals surface area contributed by atoms with Gasteiger partial charge in [0.15, 0.2) is 6.61 Å². The third-order valence-electron chi connectivity index (χ3n) is 10.0. The first-order valence-corrected chi connectivity index (χ1v) is 11.6. The maximum Gasteiger partial charge on any atom is 0.303 e. The number of ether oxygens (including phenoxy) is 1. The van der Waals surface area contributed by atoms with Crippen molar-refractivity contribution in [2.24, 2.45) is 34.5 Å². The van der Waals surface area contributed by atoms with Crippen LogP contribution in [0.15, 0.2) is 0 Å². The number of ketones is 2. The Labute approximate surface area is 183 Å². The van der Waals surface area contributed by atoms with Gasteiger partial charge in [0.05, 0.1) is 11.7 Å². The summed E-state index contributed by atoms with van der Waals surface area (Å²) in [6.07, 6.45) is 2.11. The van der Waals surface area contributed by atoms with Crippen LogP contribution in [0.3, 0.4) is 0 Å². The molecule has 4 fully saturated rings. The van der Waals surface area contributed by atoms with Gasteiger partial charge in [-0.3, -0.25) is 14.4 Å². The van der Waals surface area contributed by atoms with E-state index < -0.39 is 46.5 Å². The molecule has 4 aliphatic carbocycles. The average Bonchev–Trinajstić information content (AvgIpc) is 2.94. The summed E-state index contributed by atoms with van der Waals surface area (Å²) in [6, 6.07) is 0. The van der Waals surface area contributed by atoms with Gasteiger partial charge in [-0.15, -0.1) is 0 Å². The van der Waals surface area contributed by atoms with Crippen molar-refractivity contribution in [2.75, 3.05) is 6.61 Å². The summed E-state index contributed by atoms with van der Waals surface area (Å²) in [5, 5.41) is 34.6. The lowest BCUT2D eigenvalue weighted by molar-refractivity contribution is -0.257. The molecule has 0 aliphatic heterocycles. The number of Topliss-reactive ketones (excluding diaryl/α,β-unsaturated/α-hetero) is 2. The van der Waals surface area contributed by atoms with Crippen LogP contribution in [0.5, 0.6) is 0 Å². The van der Waals surface area contributed by atoms with Crippen molar-refractivity contribution >= 4 is 17.5 Å². The molecule has 0 bridgehead atoms. The predicted octanol–water partition coefficient (Wildman–Crippen LogP) is 1.79. The maximum atomic E-state index is 13.0. The van der Waals surface area contributed by atoms with Crippen molar-refractivity contribution in [1.82, 2.24) is 0 Å². The molecular weight excluding hydrogens is 400 g/mol. The summed E-state index contributed by atoms with van der Waals surface area (Å²) in [6.45, 7) is 6.65. The van der Waals surface area contributed by atoms with Crippen LogP contribution in [0.25, 0.3) is 0 Å². The van der Waals surface area contributed by atoms with Crippen LogP contribution in [0.1, 0.15) is 72.6 Å². The van der Waals surface area contributed by atoms with E-state index in [2.05, 4.69) is 0 Å². The molecule has 4 saturated carbocycles. The molecule has 4 rings (SSSR count). The SMILES string of the molecule is CC(=O)OCC(=O)C1(O)CCC2C3CC(C)C4(O)CC(=O)CCC4(C)C3C(O)CC21C. The molecule has 9 unspecified atom stereocenters. The van der Waals surface area contributed by atoms with E-state index in [1.165, 1.54) is 6.92 Å². The standard InChI is InChI=1S/C24H36O7/c1-13-9-16-17-6-8-23(29,19(28)12-31-14(2)25)22(17,4)11-18(27)20(16)21(3)7-5-15(26)10-24(13,21)30/h13,16-18,20,27,29-30H,5-12H2,1-4H3. The minimum absolute atomic E-state index is 0.00799. The van der Waals surface area contributed by atoms with Crippen LogP contribution >= 0.6 is 0 Å². The molecule has 0 spiro atoms. The first-order chi connectivity index (χ1) is 14.3. The highest BCUT2D eigenvalue weighted by Gasteiger charge is 2.72. The first kappa shape index (κ1) is 22.9. The largest absolute Gasteiger partial charge is 0.458 e. The van der Waals surface area contributed by atoms with E-state index in [0.717, 1.165) is 0 Å². The number of aliphatic hydroxyl groups excluding tert-OH is 1. The van der Waals surface area contributed by atoms with Crippen molar-refractivity contribution in [2.45, 2.75) is 89.9 Å². The van der Waals surface area contributed by atoms with E-state index in [1.807, 2.05) is 20.8 Å². The Balaban J connectivity index is 1.69. The number of carbonyl (C=O) groups excluding carboxylic acids is 3. The van der Waals surface area contributed by atoms with Gasteiger partial charge in [-0.2, -0.15) is 0 Å². The summed E-state index contributed by atoms with van der Waals surface area (Å²) >= 11 is 0. The summed E-state index contributed by atoms with van der Waals surface area (Å²) < 4.78 is 4.89. The third kappa shape index (κ3) is 2.92. The maximum absolute atomic E-state index is 13.0. The number of fused-ring (bicyclic) bond motifs is 5. The zero-order chi connectivity index (χ0) is 23.0. The number of aliphatic hydroxyl groups is 3. The fraction of sp³-hybridized carbons (Fsp3) is 0.875. The quantitative estimate of drug-likeness (QED) is 0.577. The van der Waals surface area contributed by atoms with Crippen LogP contribution in [-0.2, 0) is 19.1 Å². The van der Waals surface area contributed by atoms with Crippen LogP contribution in [0.2, 0.25) is 0 Å². The molecule has 174 valence electrons. The van der Waals surface area contributed by atoms with E-state index >= 15 is 0 Å². The molecule has 4 aliphatic rings. The summed E-state index contributed by atoms with van der Waals surface area (Å²) in [5.74, 6) is -1.26. The van der Waals surface area contributed by atoms with Crippen molar-refractivity contribution in [1.29, 1.82) is 0 Å². The lowest BCUT2D eigenvalue weighted by Crippen LogP contribution is -2.69. The van der Waals surface area contributed by atoms with Crippen molar-refractivity contribution in [3.63, 3.8) is 0 Å². The molecule has 0 aromatic carbocycles. The normalized spacial score (nSPS) is 51.5. The Kier molecular flexibility index (Phi) is 5.23. The third-order valence-corrected chi connectivity index (χ3v) is 10.0. The van der Waals surface area contributed by atoms with Gasteiger partial charge in [0, 0.05) is 30.6 Å². The van der Waals surface area contributed by atoms with Crippen LogP contribution in [0, 0.1) is 34.5 Å². The van der Waals surface area contributed by atoms with Crippen LogP contribution in [-0.4, -0.2) is 56.8 Å². The van der Waals surface area contributed by atoms with E-state index in [0.29, 0.717) is 25.7 Å². The first-order valence-electron chi connectivity index (χ1n) is 11.6. The second-order valence-electron chi connectivity index (χ2n) is 11.3. The molecule has 3 N–H and O–H groups in total. The fourth-order valence-corrected chi connectivity index (χ4v) is 8.33. The zero-order valence-corrected chi connectivity index (χ0v) is 19.0. The van der Waals surface area contributed by atoms with E-state index in [-0.39, 0.29) is 48.7 Å². The minimum atomic E-state index is -1.65. The smallest absolute Gasteiger partial charge is 0.303 e. The lowest BCUT2D eigenvalue weighted by atomic mass is 9.40. The lowest BCUT2D eigenvalue weighted by Gasteiger charge is -2.66.